The number of rotatable bonds is 7. The number of ether oxygens (including phenoxy) is 2. The van der Waals surface area contributed by atoms with Crippen molar-refractivity contribution in [3.8, 4) is 11.5 Å². The fourth-order valence-electron chi connectivity index (χ4n) is 1.57. The molecule has 1 aromatic carbocycles. The van der Waals surface area contributed by atoms with Gasteiger partial charge in [-0.15, -0.1) is 12.4 Å². The summed E-state index contributed by atoms with van der Waals surface area (Å²) >= 11 is 0. The number of methoxy groups -OCH3 is 1. The smallest absolute Gasteiger partial charge is 0.224 e. The molecule has 1 aromatic rings. The summed E-state index contributed by atoms with van der Waals surface area (Å²) in [6.07, 6.45) is 1.10. The fourth-order valence-corrected chi connectivity index (χ4v) is 1.57. The van der Waals surface area contributed by atoms with Crippen molar-refractivity contribution in [2.24, 2.45) is 5.73 Å². The first-order valence-corrected chi connectivity index (χ1v) is 6.41. The van der Waals surface area contributed by atoms with Crippen molar-refractivity contribution in [2.45, 2.75) is 32.8 Å². The lowest BCUT2D eigenvalue weighted by molar-refractivity contribution is -0.116. The number of nitrogens with two attached hydrogens (primary N) is 1. The van der Waals surface area contributed by atoms with Crippen LogP contribution >= 0.6 is 12.4 Å². The third-order valence-electron chi connectivity index (χ3n) is 2.43. The van der Waals surface area contributed by atoms with Gasteiger partial charge in [0, 0.05) is 12.5 Å². The van der Waals surface area contributed by atoms with E-state index in [1.807, 2.05) is 13.8 Å². The Hall–Kier alpha value is -1.46. The molecule has 0 aliphatic rings. The van der Waals surface area contributed by atoms with Crippen molar-refractivity contribution >= 4 is 24.0 Å². The van der Waals surface area contributed by atoms with E-state index < -0.39 is 0 Å². The van der Waals surface area contributed by atoms with Crippen LogP contribution in [0.3, 0.4) is 0 Å². The van der Waals surface area contributed by atoms with Crippen molar-refractivity contribution in [3.63, 3.8) is 0 Å². The molecule has 0 bridgehead atoms. The minimum absolute atomic E-state index is 0. The van der Waals surface area contributed by atoms with Crippen LogP contribution in [0.5, 0.6) is 11.5 Å². The van der Waals surface area contributed by atoms with Crippen molar-refractivity contribution < 1.29 is 14.3 Å². The minimum atomic E-state index is -0.0766. The van der Waals surface area contributed by atoms with E-state index in [0.29, 0.717) is 36.6 Å². The highest BCUT2D eigenvalue weighted by atomic mass is 35.5. The molecule has 0 heterocycles. The van der Waals surface area contributed by atoms with Crippen LogP contribution in [0, 0.1) is 0 Å². The monoisotopic (exact) mass is 302 g/mol. The summed E-state index contributed by atoms with van der Waals surface area (Å²) in [4.78, 5) is 11.7. The van der Waals surface area contributed by atoms with Crippen molar-refractivity contribution in [1.82, 2.24) is 0 Å². The quantitative estimate of drug-likeness (QED) is 0.812. The van der Waals surface area contributed by atoms with Gasteiger partial charge in [-0.1, -0.05) is 0 Å². The number of hydrogen-bond acceptors (Lipinski definition) is 4. The SMILES string of the molecule is COc1ccc(OC(C)C)c(NC(=O)CCCN)c1.Cl. The average Bonchev–Trinajstić information content (AvgIpc) is 2.37. The molecule has 3 N–H and O–H groups in total. The number of hydrogen-bond donors (Lipinski definition) is 2. The summed E-state index contributed by atoms with van der Waals surface area (Å²) in [5.74, 6) is 1.23. The molecule has 0 aromatic heterocycles. The number of carbonyl (C=O) groups is 1. The number of carbonyl (C=O) groups excluding carboxylic acids is 1. The van der Waals surface area contributed by atoms with E-state index >= 15 is 0 Å². The molecule has 0 aliphatic carbocycles. The molecule has 1 rings (SSSR count). The van der Waals surface area contributed by atoms with E-state index in [9.17, 15) is 4.79 Å². The maximum absolute atomic E-state index is 11.7. The molecule has 114 valence electrons. The van der Waals surface area contributed by atoms with Crippen LogP contribution in [0.2, 0.25) is 0 Å². The van der Waals surface area contributed by atoms with Gasteiger partial charge in [0.05, 0.1) is 18.9 Å². The lowest BCUT2D eigenvalue weighted by atomic mass is 10.2. The zero-order chi connectivity index (χ0) is 14.3. The lowest BCUT2D eigenvalue weighted by Gasteiger charge is -2.16. The molecule has 0 fully saturated rings. The van der Waals surface area contributed by atoms with Gasteiger partial charge in [-0.25, -0.2) is 0 Å². The summed E-state index contributed by atoms with van der Waals surface area (Å²) in [5, 5.41) is 2.83. The third kappa shape index (κ3) is 6.12. The number of amides is 1. The molecule has 6 heteroatoms. The lowest BCUT2D eigenvalue weighted by Crippen LogP contribution is -2.15. The van der Waals surface area contributed by atoms with E-state index in [1.54, 1.807) is 25.3 Å². The molecule has 5 nitrogen and oxygen atoms in total. The van der Waals surface area contributed by atoms with Gasteiger partial charge in [0.2, 0.25) is 5.91 Å². The van der Waals surface area contributed by atoms with Gasteiger partial charge in [-0.3, -0.25) is 4.79 Å². The zero-order valence-electron chi connectivity index (χ0n) is 12.1. The summed E-state index contributed by atoms with van der Waals surface area (Å²) in [6.45, 7) is 4.37. The Balaban J connectivity index is 0.00000361. The molecule has 0 aliphatic heterocycles. The Labute approximate surface area is 126 Å². The van der Waals surface area contributed by atoms with Crippen LogP contribution < -0.4 is 20.5 Å². The van der Waals surface area contributed by atoms with E-state index in [0.717, 1.165) is 0 Å². The Morgan fingerprint density at radius 1 is 1.40 bits per heavy atom. The van der Waals surface area contributed by atoms with Crippen molar-refractivity contribution in [2.75, 3.05) is 19.0 Å². The summed E-state index contributed by atoms with van der Waals surface area (Å²) in [7, 11) is 1.58. The van der Waals surface area contributed by atoms with Gasteiger partial charge in [-0.2, -0.15) is 0 Å². The van der Waals surface area contributed by atoms with E-state index in [4.69, 9.17) is 15.2 Å². The Kier molecular flexibility index (Phi) is 8.76. The van der Waals surface area contributed by atoms with E-state index in [-0.39, 0.29) is 24.4 Å². The first-order chi connectivity index (χ1) is 9.06. The Bertz CT molecular complexity index is 425. The second-order valence-corrected chi connectivity index (χ2v) is 4.47. The highest BCUT2D eigenvalue weighted by molar-refractivity contribution is 5.92. The second kappa shape index (κ2) is 9.44. The largest absolute Gasteiger partial charge is 0.497 e. The zero-order valence-corrected chi connectivity index (χ0v) is 13.0. The van der Waals surface area contributed by atoms with E-state index in [2.05, 4.69) is 5.32 Å². The van der Waals surface area contributed by atoms with Gasteiger partial charge in [0.15, 0.2) is 0 Å². The number of anilines is 1. The predicted molar refractivity (Wildman–Crippen MR) is 82.9 cm³/mol. The van der Waals surface area contributed by atoms with Crippen molar-refractivity contribution in [1.29, 1.82) is 0 Å². The highest BCUT2D eigenvalue weighted by Crippen LogP contribution is 2.30. The molecule has 1 amide bonds. The molecule has 0 saturated carbocycles. The van der Waals surface area contributed by atoms with Crippen LogP contribution in [0.25, 0.3) is 0 Å². The Morgan fingerprint density at radius 2 is 2.10 bits per heavy atom. The summed E-state index contributed by atoms with van der Waals surface area (Å²) in [5.41, 5.74) is 6.01. The van der Waals surface area contributed by atoms with Crippen molar-refractivity contribution in [3.05, 3.63) is 18.2 Å². The molecular weight excluding hydrogens is 280 g/mol. The number of nitrogens with one attached hydrogen (secondary N) is 1. The van der Waals surface area contributed by atoms with Crippen LogP contribution in [-0.4, -0.2) is 25.7 Å². The third-order valence-corrected chi connectivity index (χ3v) is 2.43. The molecular formula is C14H23ClN2O3. The van der Waals surface area contributed by atoms with Crippen LogP contribution in [0.15, 0.2) is 18.2 Å². The molecule has 0 unspecified atom stereocenters. The topological polar surface area (TPSA) is 73.6 Å². The molecule has 0 atom stereocenters. The van der Waals surface area contributed by atoms with Crippen LogP contribution in [0.4, 0.5) is 5.69 Å². The average molecular weight is 303 g/mol. The normalized spacial score (nSPS) is 9.85. The number of halogens is 1. The minimum Gasteiger partial charge on any atom is -0.497 e. The van der Waals surface area contributed by atoms with Gasteiger partial charge >= 0.3 is 0 Å². The fraction of sp³-hybridized carbons (Fsp3) is 0.500. The van der Waals surface area contributed by atoms with Gasteiger partial charge < -0.3 is 20.5 Å². The molecule has 20 heavy (non-hydrogen) atoms. The summed E-state index contributed by atoms with van der Waals surface area (Å²) < 4.78 is 10.8. The van der Waals surface area contributed by atoms with E-state index in [1.165, 1.54) is 0 Å². The predicted octanol–water partition coefficient (Wildman–Crippen LogP) is 2.58. The standard InChI is InChI=1S/C14H22N2O3.ClH/c1-10(2)19-13-7-6-11(18-3)9-12(13)16-14(17)5-4-8-15;/h6-7,9-10H,4-5,8,15H2,1-3H3,(H,16,17);1H. The first-order valence-electron chi connectivity index (χ1n) is 6.41. The molecule has 0 spiro atoms. The molecule has 0 radical (unpaired) electrons. The Morgan fingerprint density at radius 3 is 2.65 bits per heavy atom. The van der Waals surface area contributed by atoms with Crippen LogP contribution in [-0.2, 0) is 4.79 Å². The maximum Gasteiger partial charge on any atom is 0.224 e. The highest BCUT2D eigenvalue weighted by Gasteiger charge is 2.10. The van der Waals surface area contributed by atoms with Crippen LogP contribution in [0.1, 0.15) is 26.7 Å². The first kappa shape index (κ1) is 18.5. The second-order valence-electron chi connectivity index (χ2n) is 4.47. The van der Waals surface area contributed by atoms with Gasteiger partial charge in [-0.05, 0) is 38.9 Å². The summed E-state index contributed by atoms with van der Waals surface area (Å²) in [6, 6.07) is 5.34. The van der Waals surface area contributed by atoms with Gasteiger partial charge in [0.1, 0.15) is 11.5 Å². The number of benzene rings is 1. The molecule has 0 saturated heterocycles. The van der Waals surface area contributed by atoms with Gasteiger partial charge in [0.25, 0.3) is 0 Å². The maximum atomic E-state index is 11.7.